The van der Waals surface area contributed by atoms with Crippen molar-refractivity contribution in [3.05, 3.63) is 49.1 Å². The minimum absolute atomic E-state index is 0.0858. The fourth-order valence-corrected chi connectivity index (χ4v) is 4.38. The maximum atomic E-state index is 12.8. The monoisotopic (exact) mass is 418 g/mol. The third-order valence-corrected chi connectivity index (χ3v) is 6.13. The second-order valence-electron chi connectivity index (χ2n) is 8.02. The number of aromatic nitrogens is 3. The van der Waals surface area contributed by atoms with Crippen molar-refractivity contribution in [1.29, 1.82) is 0 Å². The van der Waals surface area contributed by atoms with Gasteiger partial charge in [0, 0.05) is 61.8 Å². The molecule has 0 radical (unpaired) electrons. The summed E-state index contributed by atoms with van der Waals surface area (Å²) in [7, 11) is 0. The SMILES string of the molecule is O=C(Nc1cc2cc(-c3cnccn3)ccc2cn1)N1CCC(N2CCOCC2)CC1. The number of urea groups is 1. The molecule has 0 unspecified atom stereocenters. The highest BCUT2D eigenvalue weighted by molar-refractivity contribution is 5.93. The number of fused-ring (bicyclic) bond motifs is 1. The minimum Gasteiger partial charge on any atom is -0.379 e. The van der Waals surface area contributed by atoms with Gasteiger partial charge in [-0.2, -0.15) is 0 Å². The van der Waals surface area contributed by atoms with Crippen LogP contribution in [0.3, 0.4) is 0 Å². The Balaban J connectivity index is 1.24. The normalized spacial score (nSPS) is 18.3. The maximum Gasteiger partial charge on any atom is 0.323 e. The van der Waals surface area contributed by atoms with Gasteiger partial charge in [0.2, 0.25) is 0 Å². The average Bonchev–Trinajstić information content (AvgIpc) is 2.85. The lowest BCUT2D eigenvalue weighted by atomic mass is 10.0. The molecule has 0 bridgehead atoms. The van der Waals surface area contributed by atoms with Crippen LogP contribution in [0.2, 0.25) is 0 Å². The highest BCUT2D eigenvalue weighted by Gasteiger charge is 2.27. The van der Waals surface area contributed by atoms with E-state index < -0.39 is 0 Å². The largest absolute Gasteiger partial charge is 0.379 e. The first-order valence-electron chi connectivity index (χ1n) is 10.8. The number of carbonyl (C=O) groups excluding carboxylic acids is 1. The van der Waals surface area contributed by atoms with Crippen molar-refractivity contribution in [2.45, 2.75) is 18.9 Å². The van der Waals surface area contributed by atoms with E-state index >= 15 is 0 Å². The number of anilines is 1. The molecule has 2 saturated heterocycles. The summed E-state index contributed by atoms with van der Waals surface area (Å²) in [6.45, 7) is 5.14. The van der Waals surface area contributed by atoms with Crippen LogP contribution in [0.1, 0.15) is 12.8 Å². The first-order chi connectivity index (χ1) is 15.3. The molecule has 0 saturated carbocycles. The summed E-state index contributed by atoms with van der Waals surface area (Å²) in [6.07, 6.45) is 8.87. The molecule has 8 heteroatoms. The number of pyridine rings is 1. The van der Waals surface area contributed by atoms with Crippen LogP contribution in [0.25, 0.3) is 22.0 Å². The van der Waals surface area contributed by atoms with Crippen LogP contribution in [-0.2, 0) is 4.74 Å². The fourth-order valence-electron chi connectivity index (χ4n) is 4.38. The van der Waals surface area contributed by atoms with Crippen molar-refractivity contribution in [3.63, 3.8) is 0 Å². The third kappa shape index (κ3) is 4.50. The topological polar surface area (TPSA) is 83.5 Å². The van der Waals surface area contributed by atoms with E-state index in [1.807, 2.05) is 29.2 Å². The number of hydrogen-bond donors (Lipinski definition) is 1. The first kappa shape index (κ1) is 19.8. The van der Waals surface area contributed by atoms with Crippen molar-refractivity contribution in [1.82, 2.24) is 24.8 Å². The molecule has 2 aromatic heterocycles. The van der Waals surface area contributed by atoms with Gasteiger partial charge in [-0.1, -0.05) is 12.1 Å². The molecule has 4 heterocycles. The molecular formula is C23H26N6O2. The highest BCUT2D eigenvalue weighted by Crippen LogP contribution is 2.24. The summed E-state index contributed by atoms with van der Waals surface area (Å²) in [5, 5.41) is 4.98. The molecule has 3 aromatic rings. The number of morpholine rings is 1. The summed E-state index contributed by atoms with van der Waals surface area (Å²) in [5.74, 6) is 0.559. The fraction of sp³-hybridized carbons (Fsp3) is 0.391. The number of nitrogens with zero attached hydrogens (tertiary/aromatic N) is 5. The molecule has 5 rings (SSSR count). The zero-order valence-electron chi connectivity index (χ0n) is 17.4. The molecule has 160 valence electrons. The van der Waals surface area contributed by atoms with Crippen LogP contribution in [0.5, 0.6) is 0 Å². The molecule has 31 heavy (non-hydrogen) atoms. The highest BCUT2D eigenvalue weighted by atomic mass is 16.5. The Morgan fingerprint density at radius 3 is 2.58 bits per heavy atom. The van der Waals surface area contributed by atoms with E-state index in [0.29, 0.717) is 11.9 Å². The first-order valence-corrected chi connectivity index (χ1v) is 10.8. The number of hydrogen-bond acceptors (Lipinski definition) is 6. The molecule has 2 aliphatic heterocycles. The summed E-state index contributed by atoms with van der Waals surface area (Å²) >= 11 is 0. The number of ether oxygens (including phenoxy) is 1. The van der Waals surface area contributed by atoms with E-state index in [9.17, 15) is 4.79 Å². The average molecular weight is 419 g/mol. The molecule has 0 atom stereocenters. The molecule has 1 aromatic carbocycles. The Labute approximate surface area is 181 Å². The van der Waals surface area contributed by atoms with Crippen molar-refractivity contribution < 1.29 is 9.53 Å². The molecular weight excluding hydrogens is 392 g/mol. The molecule has 2 fully saturated rings. The second kappa shape index (κ2) is 8.95. The van der Waals surface area contributed by atoms with Gasteiger partial charge in [0.05, 0.1) is 25.1 Å². The Morgan fingerprint density at radius 2 is 1.81 bits per heavy atom. The molecule has 2 aliphatic rings. The molecule has 1 N–H and O–H groups in total. The third-order valence-electron chi connectivity index (χ3n) is 6.13. The lowest BCUT2D eigenvalue weighted by Crippen LogP contribution is -2.50. The Morgan fingerprint density at radius 1 is 0.968 bits per heavy atom. The predicted octanol–water partition coefficient (Wildman–Crippen LogP) is 3.02. The number of amides is 2. The van der Waals surface area contributed by atoms with Gasteiger partial charge in [-0.25, -0.2) is 9.78 Å². The van der Waals surface area contributed by atoms with E-state index in [0.717, 1.165) is 74.3 Å². The van der Waals surface area contributed by atoms with Crippen molar-refractivity contribution in [3.8, 4) is 11.3 Å². The van der Waals surface area contributed by atoms with E-state index in [4.69, 9.17) is 4.74 Å². The van der Waals surface area contributed by atoms with E-state index in [1.165, 1.54) is 0 Å². The maximum absolute atomic E-state index is 12.8. The number of likely N-dealkylation sites (tertiary alicyclic amines) is 1. The van der Waals surface area contributed by atoms with E-state index in [2.05, 4.69) is 25.2 Å². The van der Waals surface area contributed by atoms with Gasteiger partial charge in [-0.3, -0.25) is 20.2 Å². The molecule has 2 amide bonds. The van der Waals surface area contributed by atoms with Gasteiger partial charge in [-0.05, 0) is 30.4 Å². The summed E-state index contributed by atoms with van der Waals surface area (Å²) < 4.78 is 5.45. The van der Waals surface area contributed by atoms with Crippen molar-refractivity contribution >= 4 is 22.6 Å². The van der Waals surface area contributed by atoms with Crippen LogP contribution in [-0.4, -0.2) is 76.2 Å². The Bertz CT molecular complexity index is 1050. The molecule has 8 nitrogen and oxygen atoms in total. The van der Waals surface area contributed by atoms with Crippen LogP contribution < -0.4 is 5.32 Å². The minimum atomic E-state index is -0.0858. The van der Waals surface area contributed by atoms with Gasteiger partial charge < -0.3 is 9.64 Å². The van der Waals surface area contributed by atoms with E-state index in [-0.39, 0.29) is 6.03 Å². The smallest absolute Gasteiger partial charge is 0.323 e. The van der Waals surface area contributed by atoms with Gasteiger partial charge in [-0.15, -0.1) is 0 Å². The van der Waals surface area contributed by atoms with Crippen LogP contribution >= 0.6 is 0 Å². The number of rotatable bonds is 3. The van der Waals surface area contributed by atoms with Crippen LogP contribution in [0.15, 0.2) is 49.1 Å². The van der Waals surface area contributed by atoms with Crippen molar-refractivity contribution in [2.75, 3.05) is 44.7 Å². The van der Waals surface area contributed by atoms with Crippen molar-refractivity contribution in [2.24, 2.45) is 0 Å². The van der Waals surface area contributed by atoms with Gasteiger partial charge in [0.25, 0.3) is 0 Å². The molecule has 0 spiro atoms. The standard InChI is InChI=1S/C23H26N6O2/c30-23(29-7-3-20(4-8-29)28-9-11-31-12-10-28)27-22-14-19-13-17(1-2-18(19)15-26-22)21-16-24-5-6-25-21/h1-2,5-6,13-16,20H,3-4,7-12H2,(H,26,27,30). The molecule has 0 aliphatic carbocycles. The van der Waals surface area contributed by atoms with Gasteiger partial charge in [0.1, 0.15) is 5.82 Å². The lowest BCUT2D eigenvalue weighted by Gasteiger charge is -2.39. The number of benzene rings is 1. The Hall–Kier alpha value is -3.10. The quantitative estimate of drug-likeness (QED) is 0.704. The number of carbonyl (C=O) groups is 1. The van der Waals surface area contributed by atoms with Crippen LogP contribution in [0.4, 0.5) is 10.6 Å². The lowest BCUT2D eigenvalue weighted by molar-refractivity contribution is 0.00419. The predicted molar refractivity (Wildman–Crippen MR) is 119 cm³/mol. The van der Waals surface area contributed by atoms with Gasteiger partial charge >= 0.3 is 6.03 Å². The zero-order chi connectivity index (χ0) is 21.0. The van der Waals surface area contributed by atoms with E-state index in [1.54, 1.807) is 24.8 Å². The second-order valence-corrected chi connectivity index (χ2v) is 8.02. The summed E-state index contributed by atoms with van der Waals surface area (Å²) in [4.78, 5) is 30.1. The Kier molecular flexibility index (Phi) is 5.73. The zero-order valence-corrected chi connectivity index (χ0v) is 17.4. The van der Waals surface area contributed by atoms with Gasteiger partial charge in [0.15, 0.2) is 0 Å². The summed E-state index contributed by atoms with van der Waals surface area (Å²) in [6, 6.07) is 8.43. The van der Waals surface area contributed by atoms with Crippen LogP contribution in [0, 0.1) is 0 Å². The summed E-state index contributed by atoms with van der Waals surface area (Å²) in [5.41, 5.74) is 1.80. The number of piperidine rings is 1. The number of nitrogens with one attached hydrogen (secondary N) is 1.